The van der Waals surface area contributed by atoms with Crippen molar-refractivity contribution in [3.05, 3.63) is 0 Å². The van der Waals surface area contributed by atoms with Gasteiger partial charge in [-0.2, -0.15) is 0 Å². The summed E-state index contributed by atoms with van der Waals surface area (Å²) in [7, 11) is 1.60. The first-order valence-electron chi connectivity index (χ1n) is 7.84. The van der Waals surface area contributed by atoms with Gasteiger partial charge in [-0.05, 0) is 25.7 Å². The molecule has 1 unspecified atom stereocenters. The average molecular weight is 298 g/mol. The van der Waals surface area contributed by atoms with Crippen LogP contribution in [0.2, 0.25) is 0 Å². The molecule has 21 heavy (non-hydrogen) atoms. The Hall–Kier alpha value is -1.14. The molecule has 0 bridgehead atoms. The van der Waals surface area contributed by atoms with Crippen LogP contribution in [0.4, 0.5) is 0 Å². The van der Waals surface area contributed by atoms with Gasteiger partial charge in [0.1, 0.15) is 0 Å². The molecule has 0 spiro atoms. The third kappa shape index (κ3) is 4.41. The Morgan fingerprint density at radius 1 is 1.24 bits per heavy atom. The third-order valence-corrected chi connectivity index (χ3v) is 4.26. The second-order valence-corrected chi connectivity index (χ2v) is 5.94. The van der Waals surface area contributed by atoms with Crippen LogP contribution in [-0.4, -0.2) is 73.2 Å². The number of aliphatic hydroxyl groups excluding tert-OH is 1. The maximum atomic E-state index is 12.6. The van der Waals surface area contributed by atoms with Crippen LogP contribution in [0.3, 0.4) is 0 Å². The van der Waals surface area contributed by atoms with Gasteiger partial charge in [0.15, 0.2) is 0 Å². The number of ether oxygens (including phenoxy) is 1. The molecule has 1 aliphatic carbocycles. The largest absolute Gasteiger partial charge is 0.395 e. The van der Waals surface area contributed by atoms with Gasteiger partial charge in [0.25, 0.3) is 0 Å². The van der Waals surface area contributed by atoms with Gasteiger partial charge in [0, 0.05) is 39.2 Å². The van der Waals surface area contributed by atoms with E-state index in [4.69, 9.17) is 9.84 Å². The second-order valence-electron chi connectivity index (χ2n) is 5.94. The zero-order valence-electron chi connectivity index (χ0n) is 12.8. The van der Waals surface area contributed by atoms with Crippen LogP contribution in [-0.2, 0) is 14.3 Å². The standard InChI is InChI=1S/C15H26N2O4/c1-21-10-8-16(7-9-18)15(20)13-3-2-6-17(11-13)14(19)12-4-5-12/h12-13,18H,2-11H2,1H3. The Kier molecular flexibility index (Phi) is 5.99. The fourth-order valence-corrected chi connectivity index (χ4v) is 2.88. The summed E-state index contributed by atoms with van der Waals surface area (Å²) in [6.07, 6.45) is 3.70. The number of amides is 2. The fraction of sp³-hybridized carbons (Fsp3) is 0.867. The fourth-order valence-electron chi connectivity index (χ4n) is 2.88. The van der Waals surface area contributed by atoms with Crippen molar-refractivity contribution in [1.29, 1.82) is 0 Å². The molecule has 2 aliphatic rings. The first-order chi connectivity index (χ1) is 10.2. The number of likely N-dealkylation sites (tertiary alicyclic amines) is 1. The molecule has 0 radical (unpaired) electrons. The molecule has 6 heteroatoms. The molecule has 2 amide bonds. The maximum absolute atomic E-state index is 12.6. The highest BCUT2D eigenvalue weighted by atomic mass is 16.5. The Balaban J connectivity index is 1.91. The quantitative estimate of drug-likeness (QED) is 0.724. The number of nitrogens with zero attached hydrogens (tertiary/aromatic N) is 2. The summed E-state index contributed by atoms with van der Waals surface area (Å²) in [4.78, 5) is 28.2. The van der Waals surface area contributed by atoms with Gasteiger partial charge in [-0.25, -0.2) is 0 Å². The monoisotopic (exact) mass is 298 g/mol. The molecule has 2 rings (SSSR count). The van der Waals surface area contributed by atoms with Crippen molar-refractivity contribution in [2.45, 2.75) is 25.7 Å². The molecule has 1 saturated heterocycles. The van der Waals surface area contributed by atoms with Crippen molar-refractivity contribution in [3.8, 4) is 0 Å². The molecule has 1 aliphatic heterocycles. The van der Waals surface area contributed by atoms with Gasteiger partial charge < -0.3 is 19.6 Å². The number of aliphatic hydroxyl groups is 1. The predicted octanol–water partition coefficient (Wildman–Crippen LogP) is 0.102. The lowest BCUT2D eigenvalue weighted by atomic mass is 9.96. The summed E-state index contributed by atoms with van der Waals surface area (Å²) >= 11 is 0. The van der Waals surface area contributed by atoms with E-state index in [1.165, 1.54) is 0 Å². The van der Waals surface area contributed by atoms with E-state index in [2.05, 4.69) is 0 Å². The average Bonchev–Trinajstić information content (AvgIpc) is 3.35. The summed E-state index contributed by atoms with van der Waals surface area (Å²) in [6.45, 7) is 2.54. The maximum Gasteiger partial charge on any atom is 0.227 e. The number of rotatable bonds is 7. The number of carbonyl (C=O) groups excluding carboxylic acids is 2. The molecule has 1 N–H and O–H groups in total. The second kappa shape index (κ2) is 7.75. The van der Waals surface area contributed by atoms with Crippen LogP contribution < -0.4 is 0 Å². The third-order valence-electron chi connectivity index (χ3n) is 4.26. The zero-order chi connectivity index (χ0) is 15.2. The molecule has 0 aromatic heterocycles. The van der Waals surface area contributed by atoms with E-state index in [9.17, 15) is 9.59 Å². The van der Waals surface area contributed by atoms with Crippen molar-refractivity contribution >= 4 is 11.8 Å². The van der Waals surface area contributed by atoms with Gasteiger partial charge in [0.05, 0.1) is 19.1 Å². The molecule has 0 aromatic rings. The molecular formula is C15H26N2O4. The van der Waals surface area contributed by atoms with Crippen molar-refractivity contribution < 1.29 is 19.4 Å². The molecule has 0 aromatic carbocycles. The minimum atomic E-state index is -0.134. The van der Waals surface area contributed by atoms with Crippen LogP contribution in [0.15, 0.2) is 0 Å². The number of methoxy groups -OCH3 is 1. The Labute approximate surface area is 126 Å². The van der Waals surface area contributed by atoms with Gasteiger partial charge in [0.2, 0.25) is 11.8 Å². The smallest absolute Gasteiger partial charge is 0.227 e. The van der Waals surface area contributed by atoms with E-state index in [0.717, 1.165) is 32.2 Å². The molecule has 6 nitrogen and oxygen atoms in total. The zero-order valence-corrected chi connectivity index (χ0v) is 12.8. The number of hydrogen-bond donors (Lipinski definition) is 1. The van der Waals surface area contributed by atoms with Crippen molar-refractivity contribution in [3.63, 3.8) is 0 Å². The summed E-state index contributed by atoms with van der Waals surface area (Å²) < 4.78 is 5.02. The molecule has 1 atom stereocenters. The normalized spacial score (nSPS) is 22.2. The van der Waals surface area contributed by atoms with Crippen LogP contribution in [0, 0.1) is 11.8 Å². The van der Waals surface area contributed by atoms with E-state index >= 15 is 0 Å². The molecular weight excluding hydrogens is 272 g/mol. The van der Waals surface area contributed by atoms with Gasteiger partial charge in [-0.15, -0.1) is 0 Å². The lowest BCUT2D eigenvalue weighted by Gasteiger charge is -2.35. The highest BCUT2D eigenvalue weighted by molar-refractivity contribution is 5.83. The van der Waals surface area contributed by atoms with E-state index < -0.39 is 0 Å². The number of hydrogen-bond acceptors (Lipinski definition) is 4. The van der Waals surface area contributed by atoms with Crippen molar-refractivity contribution in [1.82, 2.24) is 9.80 Å². The molecule has 1 heterocycles. The molecule has 2 fully saturated rings. The Morgan fingerprint density at radius 2 is 2.00 bits per heavy atom. The SMILES string of the molecule is COCCN(CCO)C(=O)C1CCCN(C(=O)C2CC2)C1. The topological polar surface area (TPSA) is 70.1 Å². The minimum Gasteiger partial charge on any atom is -0.395 e. The first-order valence-corrected chi connectivity index (χ1v) is 7.84. The Bertz CT molecular complexity index is 371. The summed E-state index contributed by atoms with van der Waals surface area (Å²) in [5, 5.41) is 9.11. The van der Waals surface area contributed by atoms with Crippen LogP contribution in [0.1, 0.15) is 25.7 Å². The summed E-state index contributed by atoms with van der Waals surface area (Å²) in [5.74, 6) is 0.332. The summed E-state index contributed by atoms with van der Waals surface area (Å²) in [5.41, 5.74) is 0. The highest BCUT2D eigenvalue weighted by Gasteiger charge is 2.37. The van der Waals surface area contributed by atoms with Crippen LogP contribution in [0.5, 0.6) is 0 Å². The van der Waals surface area contributed by atoms with E-state index in [1.807, 2.05) is 4.90 Å². The molecule has 1 saturated carbocycles. The number of carbonyl (C=O) groups is 2. The molecule has 120 valence electrons. The van der Waals surface area contributed by atoms with Crippen molar-refractivity contribution in [2.24, 2.45) is 11.8 Å². The minimum absolute atomic E-state index is 0.0365. The highest BCUT2D eigenvalue weighted by Crippen LogP contribution is 2.32. The van der Waals surface area contributed by atoms with Crippen LogP contribution in [0.25, 0.3) is 0 Å². The summed E-state index contributed by atoms with van der Waals surface area (Å²) in [6, 6.07) is 0. The van der Waals surface area contributed by atoms with Crippen molar-refractivity contribution in [2.75, 3.05) is 46.5 Å². The van der Waals surface area contributed by atoms with Crippen LogP contribution >= 0.6 is 0 Å². The van der Waals surface area contributed by atoms with Gasteiger partial charge >= 0.3 is 0 Å². The predicted molar refractivity (Wildman–Crippen MR) is 77.6 cm³/mol. The number of piperidine rings is 1. The lowest BCUT2D eigenvalue weighted by molar-refractivity contribution is -0.142. The van der Waals surface area contributed by atoms with E-state index in [1.54, 1.807) is 12.0 Å². The van der Waals surface area contributed by atoms with Gasteiger partial charge in [-0.3, -0.25) is 9.59 Å². The Morgan fingerprint density at radius 3 is 2.62 bits per heavy atom. The van der Waals surface area contributed by atoms with Gasteiger partial charge in [-0.1, -0.05) is 0 Å². The lowest BCUT2D eigenvalue weighted by Crippen LogP contribution is -2.48. The van der Waals surface area contributed by atoms with E-state index in [0.29, 0.717) is 26.2 Å². The first kappa shape index (κ1) is 16.2. The van der Waals surface area contributed by atoms with E-state index in [-0.39, 0.29) is 30.3 Å².